The molecule has 0 spiro atoms. The van der Waals surface area contributed by atoms with Gasteiger partial charge in [-0.2, -0.15) is 5.10 Å². The lowest BCUT2D eigenvalue weighted by molar-refractivity contribution is 0.159. The fourth-order valence-electron chi connectivity index (χ4n) is 5.19. The molecule has 0 bridgehead atoms. The number of carbonyl (C=O) groups excluding carboxylic acids is 1. The Morgan fingerprint density at radius 2 is 1.79 bits per heavy atom. The topological polar surface area (TPSA) is 106 Å². The van der Waals surface area contributed by atoms with Gasteiger partial charge in [-0.05, 0) is 43.7 Å². The highest BCUT2D eigenvalue weighted by atomic mass is 19.1. The van der Waals surface area contributed by atoms with E-state index in [1.54, 1.807) is 24.2 Å². The van der Waals surface area contributed by atoms with Gasteiger partial charge in [-0.1, -0.05) is 18.2 Å². The largest absolute Gasteiger partial charge is 0.464 e. The number of aromatic nitrogens is 4. The molecular weight excluding hydrogens is 544 g/mol. The van der Waals surface area contributed by atoms with Crippen molar-refractivity contribution >= 4 is 11.8 Å². The summed E-state index contributed by atoms with van der Waals surface area (Å²) in [6, 6.07) is 12.3. The first-order valence-corrected chi connectivity index (χ1v) is 13.7. The van der Waals surface area contributed by atoms with E-state index < -0.39 is 23.7 Å². The number of benzene rings is 2. The number of ether oxygens (including phenoxy) is 2. The van der Waals surface area contributed by atoms with Gasteiger partial charge in [0, 0.05) is 62.2 Å². The van der Waals surface area contributed by atoms with Crippen LogP contribution in [0.15, 0.2) is 60.9 Å². The number of rotatable bonds is 10. The molecule has 220 valence electrons. The third kappa shape index (κ3) is 6.55. The fraction of sp³-hybridized carbons (Fsp3) is 0.333. The number of amides is 2. The second kappa shape index (κ2) is 13.0. The molecule has 42 heavy (non-hydrogen) atoms. The number of hydrogen-bond acceptors (Lipinski definition) is 7. The number of hydrogen-bond donors (Lipinski definition) is 2. The lowest BCUT2D eigenvalue weighted by Crippen LogP contribution is -2.42. The number of para-hydroxylation sites is 1. The van der Waals surface area contributed by atoms with Crippen molar-refractivity contribution in [3.05, 3.63) is 83.7 Å². The molecular formula is C30H33F2N7O3. The van der Waals surface area contributed by atoms with Gasteiger partial charge >= 0.3 is 12.0 Å². The van der Waals surface area contributed by atoms with E-state index in [0.29, 0.717) is 61.1 Å². The number of urea groups is 1. The van der Waals surface area contributed by atoms with Crippen LogP contribution in [-0.4, -0.2) is 76.7 Å². The molecule has 2 aromatic carbocycles. The van der Waals surface area contributed by atoms with Crippen LogP contribution < -0.4 is 15.4 Å². The first-order chi connectivity index (χ1) is 20.4. The van der Waals surface area contributed by atoms with Crippen LogP contribution in [0.2, 0.25) is 0 Å². The van der Waals surface area contributed by atoms with Gasteiger partial charge in [0.05, 0.1) is 24.9 Å². The quantitative estimate of drug-likeness (QED) is 0.285. The van der Waals surface area contributed by atoms with Crippen LogP contribution in [0.4, 0.5) is 19.4 Å². The standard InChI is InChI=1S/C30H33F2N7O3/c1-4-42-30-33-15-21(16-34-30)27-19(2)28(39(37-27)24-8-6-5-7-9-24)36-29(40)35-26-18-38(10-11-41-3)17-25(26)20-12-22(31)14-23(32)13-20/h5-9,12-16,25-26H,4,10-11,17-18H2,1-3H3,(H2,35,36,40)/t25-,26+/m0/s1. The van der Waals surface area contributed by atoms with Crippen molar-refractivity contribution in [1.29, 1.82) is 0 Å². The third-order valence-corrected chi connectivity index (χ3v) is 7.17. The van der Waals surface area contributed by atoms with E-state index in [-0.39, 0.29) is 11.9 Å². The Morgan fingerprint density at radius 3 is 2.45 bits per heavy atom. The number of carbonyl (C=O) groups is 1. The predicted octanol–water partition coefficient (Wildman–Crippen LogP) is 4.55. The zero-order valence-corrected chi connectivity index (χ0v) is 23.7. The Bertz CT molecular complexity index is 1500. The summed E-state index contributed by atoms with van der Waals surface area (Å²) >= 11 is 0. The molecule has 0 unspecified atom stereocenters. The van der Waals surface area contributed by atoms with E-state index in [1.165, 1.54) is 12.1 Å². The minimum absolute atomic E-state index is 0.267. The third-order valence-electron chi connectivity index (χ3n) is 7.17. The SMILES string of the molecule is CCOc1ncc(-c2nn(-c3ccccc3)c(NC(=O)N[C@@H]3CN(CCOC)C[C@H]3c3cc(F)cc(F)c3)c2C)cn1. The summed E-state index contributed by atoms with van der Waals surface area (Å²) in [6.45, 7) is 6.28. The van der Waals surface area contributed by atoms with E-state index >= 15 is 0 Å². The van der Waals surface area contributed by atoms with Gasteiger partial charge in [-0.3, -0.25) is 10.2 Å². The highest BCUT2D eigenvalue weighted by molar-refractivity contribution is 5.91. The Balaban J connectivity index is 1.42. The summed E-state index contributed by atoms with van der Waals surface area (Å²) < 4.78 is 40.5. The maximum atomic E-state index is 14.1. The number of halogens is 2. The molecule has 2 aromatic heterocycles. The van der Waals surface area contributed by atoms with E-state index in [1.807, 2.05) is 44.2 Å². The monoisotopic (exact) mass is 577 g/mol. The molecule has 0 aliphatic carbocycles. The van der Waals surface area contributed by atoms with Gasteiger partial charge in [0.1, 0.15) is 23.1 Å². The summed E-state index contributed by atoms with van der Waals surface area (Å²) in [7, 11) is 1.62. The van der Waals surface area contributed by atoms with Gasteiger partial charge in [0.2, 0.25) is 0 Å². The van der Waals surface area contributed by atoms with Crippen molar-refractivity contribution in [1.82, 2.24) is 30.0 Å². The van der Waals surface area contributed by atoms with Crippen LogP contribution in [-0.2, 0) is 4.74 Å². The molecule has 4 aromatic rings. The van der Waals surface area contributed by atoms with Crippen LogP contribution in [0.5, 0.6) is 6.01 Å². The molecule has 5 rings (SSSR count). The average molecular weight is 578 g/mol. The Labute approximate surface area is 242 Å². The van der Waals surface area contributed by atoms with Crippen molar-refractivity contribution in [3.63, 3.8) is 0 Å². The van der Waals surface area contributed by atoms with Gasteiger partial charge < -0.3 is 14.8 Å². The van der Waals surface area contributed by atoms with Gasteiger partial charge in [-0.15, -0.1) is 0 Å². The lowest BCUT2D eigenvalue weighted by Gasteiger charge is -2.21. The van der Waals surface area contributed by atoms with E-state index in [2.05, 4.69) is 25.5 Å². The molecule has 1 aliphatic rings. The first kappa shape index (κ1) is 29.1. The molecule has 0 saturated carbocycles. The maximum Gasteiger partial charge on any atom is 0.320 e. The van der Waals surface area contributed by atoms with Crippen molar-refractivity contribution in [2.24, 2.45) is 0 Å². The van der Waals surface area contributed by atoms with Crippen LogP contribution >= 0.6 is 0 Å². The summed E-state index contributed by atoms with van der Waals surface area (Å²) in [4.78, 5) is 24.1. The van der Waals surface area contributed by atoms with Gasteiger partial charge in [-0.25, -0.2) is 28.2 Å². The van der Waals surface area contributed by atoms with E-state index in [9.17, 15) is 13.6 Å². The molecule has 1 aliphatic heterocycles. The number of anilines is 1. The molecule has 1 fully saturated rings. The second-order valence-corrected chi connectivity index (χ2v) is 10.0. The number of nitrogens with zero attached hydrogens (tertiary/aromatic N) is 5. The smallest absolute Gasteiger partial charge is 0.320 e. The predicted molar refractivity (Wildman–Crippen MR) is 154 cm³/mol. The minimum atomic E-state index is -0.656. The number of nitrogens with one attached hydrogen (secondary N) is 2. The molecule has 12 heteroatoms. The molecule has 0 radical (unpaired) electrons. The van der Waals surface area contributed by atoms with Crippen LogP contribution in [0.1, 0.15) is 24.0 Å². The van der Waals surface area contributed by atoms with Crippen molar-refractivity contribution in [3.8, 4) is 23.0 Å². The Hall–Kier alpha value is -4.42. The Morgan fingerprint density at radius 1 is 1.07 bits per heavy atom. The van der Waals surface area contributed by atoms with Gasteiger partial charge in [0.15, 0.2) is 0 Å². The minimum Gasteiger partial charge on any atom is -0.464 e. The van der Waals surface area contributed by atoms with E-state index in [4.69, 9.17) is 14.6 Å². The fourth-order valence-corrected chi connectivity index (χ4v) is 5.19. The molecule has 10 nitrogen and oxygen atoms in total. The number of likely N-dealkylation sites (tertiary alicyclic amines) is 1. The molecule has 2 N–H and O–H groups in total. The van der Waals surface area contributed by atoms with Crippen LogP contribution in [0.3, 0.4) is 0 Å². The maximum absolute atomic E-state index is 14.1. The highest BCUT2D eigenvalue weighted by Crippen LogP contribution is 2.32. The number of methoxy groups -OCH3 is 1. The first-order valence-electron chi connectivity index (χ1n) is 13.7. The molecule has 3 heterocycles. The normalized spacial score (nSPS) is 16.9. The van der Waals surface area contributed by atoms with Crippen LogP contribution in [0, 0.1) is 18.6 Å². The van der Waals surface area contributed by atoms with Gasteiger partial charge in [0.25, 0.3) is 0 Å². The zero-order valence-electron chi connectivity index (χ0n) is 23.7. The van der Waals surface area contributed by atoms with E-state index in [0.717, 1.165) is 11.8 Å². The summed E-state index contributed by atoms with van der Waals surface area (Å²) in [5.41, 5.74) is 3.19. The lowest BCUT2D eigenvalue weighted by atomic mass is 9.94. The summed E-state index contributed by atoms with van der Waals surface area (Å²) in [5, 5.41) is 10.8. The molecule has 2 atom stereocenters. The average Bonchev–Trinajstić information content (AvgIpc) is 3.53. The van der Waals surface area contributed by atoms with Crippen molar-refractivity contribution < 1.29 is 23.0 Å². The molecule has 1 saturated heterocycles. The molecule has 2 amide bonds. The van der Waals surface area contributed by atoms with Crippen LogP contribution in [0.25, 0.3) is 16.9 Å². The summed E-state index contributed by atoms with van der Waals surface area (Å²) in [6.07, 6.45) is 3.25. The summed E-state index contributed by atoms with van der Waals surface area (Å²) in [5.74, 6) is -1.17. The van der Waals surface area contributed by atoms with Crippen molar-refractivity contribution in [2.45, 2.75) is 25.8 Å². The second-order valence-electron chi connectivity index (χ2n) is 10.0. The van der Waals surface area contributed by atoms with Crippen molar-refractivity contribution in [2.75, 3.05) is 45.3 Å². The Kier molecular flexibility index (Phi) is 9.03. The highest BCUT2D eigenvalue weighted by Gasteiger charge is 2.35. The zero-order chi connectivity index (χ0) is 29.6.